The highest BCUT2D eigenvalue weighted by Crippen LogP contribution is 2.33. The van der Waals surface area contributed by atoms with Crippen LogP contribution in [-0.2, 0) is 16.1 Å². The minimum Gasteiger partial charge on any atom is -0.383 e. The Labute approximate surface area is 202 Å². The number of benzene rings is 2. The van der Waals surface area contributed by atoms with Gasteiger partial charge in [-0.2, -0.15) is 0 Å². The first-order valence-electron chi connectivity index (χ1n) is 11.0. The van der Waals surface area contributed by atoms with Gasteiger partial charge < -0.3 is 9.64 Å². The first-order valence-corrected chi connectivity index (χ1v) is 11.9. The molecule has 2 aliphatic rings. The van der Waals surface area contributed by atoms with Gasteiger partial charge in [-0.25, -0.2) is 4.39 Å². The number of imide groups is 1. The number of rotatable bonds is 7. The number of ether oxygens (including phenoxy) is 1. The summed E-state index contributed by atoms with van der Waals surface area (Å²) < 4.78 is 18.2. The second kappa shape index (κ2) is 10.9. The van der Waals surface area contributed by atoms with E-state index >= 15 is 0 Å². The third-order valence-electron chi connectivity index (χ3n) is 5.85. The second-order valence-electron chi connectivity index (χ2n) is 8.14. The highest BCUT2D eigenvalue weighted by Gasteiger charge is 2.35. The first-order chi connectivity index (χ1) is 16.4. The molecule has 7 nitrogen and oxygen atoms in total. The topological polar surface area (TPSA) is 70.2 Å². The van der Waals surface area contributed by atoms with Gasteiger partial charge in [-0.1, -0.05) is 24.3 Å². The Hall–Kier alpha value is -3.01. The second-order valence-corrected chi connectivity index (χ2v) is 9.14. The molecule has 0 radical (unpaired) electrons. The predicted octanol–water partition coefficient (Wildman–Crippen LogP) is 3.47. The number of nitrogens with zero attached hydrogens (tertiary/aromatic N) is 3. The number of methoxy groups -OCH3 is 1. The van der Waals surface area contributed by atoms with E-state index in [1.165, 1.54) is 12.1 Å². The summed E-state index contributed by atoms with van der Waals surface area (Å²) >= 11 is 0.874. The standard InChI is InChI=1S/C25H26FN3O4S/c1-33-15-14-27-10-12-28(13-11-27)23(30)20-6-2-18(3-7-20)16-22-24(31)29(25(32)34-22)17-19-4-8-21(26)9-5-19/h2-9,16H,10-15,17H2,1H3/b22-16-. The molecule has 2 saturated heterocycles. The molecule has 2 fully saturated rings. The van der Waals surface area contributed by atoms with E-state index < -0.39 is 0 Å². The summed E-state index contributed by atoms with van der Waals surface area (Å²) in [5, 5.41) is -0.364. The van der Waals surface area contributed by atoms with Gasteiger partial charge in [0.1, 0.15) is 5.82 Å². The molecule has 0 saturated carbocycles. The number of halogens is 1. The molecule has 0 aliphatic carbocycles. The monoisotopic (exact) mass is 483 g/mol. The molecule has 0 spiro atoms. The van der Waals surface area contributed by atoms with Crippen LogP contribution in [0.4, 0.5) is 9.18 Å². The van der Waals surface area contributed by atoms with Crippen LogP contribution in [0.1, 0.15) is 21.5 Å². The average Bonchev–Trinajstić information content (AvgIpc) is 3.11. The summed E-state index contributed by atoms with van der Waals surface area (Å²) in [6.07, 6.45) is 1.65. The summed E-state index contributed by atoms with van der Waals surface area (Å²) in [4.78, 5) is 43.5. The van der Waals surface area contributed by atoms with E-state index in [2.05, 4.69) is 4.90 Å². The Morgan fingerprint density at radius 1 is 1.03 bits per heavy atom. The Bertz CT molecular complexity index is 1080. The molecule has 4 rings (SSSR count). The normalized spacial score (nSPS) is 18.2. The van der Waals surface area contributed by atoms with Crippen molar-refractivity contribution in [3.05, 3.63) is 75.9 Å². The fourth-order valence-corrected chi connectivity index (χ4v) is 4.70. The van der Waals surface area contributed by atoms with Gasteiger partial charge in [-0.15, -0.1) is 0 Å². The van der Waals surface area contributed by atoms with Crippen LogP contribution in [-0.4, -0.2) is 78.2 Å². The number of thioether (sulfide) groups is 1. The van der Waals surface area contributed by atoms with Crippen molar-refractivity contribution in [1.29, 1.82) is 0 Å². The van der Waals surface area contributed by atoms with Gasteiger partial charge in [0, 0.05) is 45.4 Å². The summed E-state index contributed by atoms with van der Waals surface area (Å²) in [5.41, 5.74) is 1.99. The van der Waals surface area contributed by atoms with Gasteiger partial charge in [0.15, 0.2) is 0 Å². The molecule has 2 heterocycles. The molecule has 34 heavy (non-hydrogen) atoms. The summed E-state index contributed by atoms with van der Waals surface area (Å²) in [6.45, 7) is 4.62. The largest absolute Gasteiger partial charge is 0.383 e. The molecule has 2 aliphatic heterocycles. The van der Waals surface area contributed by atoms with Gasteiger partial charge in [0.2, 0.25) is 0 Å². The van der Waals surface area contributed by atoms with Crippen molar-refractivity contribution in [2.75, 3.05) is 46.4 Å². The van der Waals surface area contributed by atoms with Crippen molar-refractivity contribution in [2.24, 2.45) is 0 Å². The highest BCUT2D eigenvalue weighted by atomic mass is 32.2. The number of hydrogen-bond acceptors (Lipinski definition) is 6. The van der Waals surface area contributed by atoms with Crippen molar-refractivity contribution < 1.29 is 23.5 Å². The van der Waals surface area contributed by atoms with Crippen molar-refractivity contribution in [2.45, 2.75) is 6.54 Å². The van der Waals surface area contributed by atoms with E-state index in [0.29, 0.717) is 35.7 Å². The summed E-state index contributed by atoms with van der Waals surface area (Å²) in [6, 6.07) is 12.7. The van der Waals surface area contributed by atoms with Crippen LogP contribution in [0.2, 0.25) is 0 Å². The number of hydrogen-bond donors (Lipinski definition) is 0. The van der Waals surface area contributed by atoms with Crippen molar-refractivity contribution in [3.8, 4) is 0 Å². The summed E-state index contributed by atoms with van der Waals surface area (Å²) in [7, 11) is 1.68. The lowest BCUT2D eigenvalue weighted by atomic mass is 10.1. The fraction of sp³-hybridized carbons (Fsp3) is 0.320. The van der Waals surface area contributed by atoms with Gasteiger partial charge in [-0.3, -0.25) is 24.2 Å². The van der Waals surface area contributed by atoms with Crippen molar-refractivity contribution in [3.63, 3.8) is 0 Å². The molecule has 9 heteroatoms. The van der Waals surface area contributed by atoms with Gasteiger partial charge in [0.25, 0.3) is 17.1 Å². The predicted molar refractivity (Wildman–Crippen MR) is 129 cm³/mol. The zero-order chi connectivity index (χ0) is 24.1. The third kappa shape index (κ3) is 5.72. The molecule has 0 bridgehead atoms. The smallest absolute Gasteiger partial charge is 0.293 e. The molecule has 0 atom stereocenters. The minimum atomic E-state index is -0.383. The molecule has 0 unspecified atom stereocenters. The van der Waals surface area contributed by atoms with Crippen molar-refractivity contribution in [1.82, 2.24) is 14.7 Å². The molecular formula is C25H26FN3O4S. The third-order valence-corrected chi connectivity index (χ3v) is 6.76. The average molecular weight is 484 g/mol. The lowest BCUT2D eigenvalue weighted by Gasteiger charge is -2.34. The highest BCUT2D eigenvalue weighted by molar-refractivity contribution is 8.18. The number of carbonyl (C=O) groups is 3. The maximum Gasteiger partial charge on any atom is 0.293 e. The molecule has 2 aromatic carbocycles. The van der Waals surface area contributed by atoms with Gasteiger partial charge in [0.05, 0.1) is 18.1 Å². The van der Waals surface area contributed by atoms with Crippen LogP contribution in [0, 0.1) is 5.82 Å². The quantitative estimate of drug-likeness (QED) is 0.562. The zero-order valence-corrected chi connectivity index (χ0v) is 19.7. The van der Waals surface area contributed by atoms with E-state index in [9.17, 15) is 18.8 Å². The van der Waals surface area contributed by atoms with Crippen LogP contribution < -0.4 is 0 Å². The van der Waals surface area contributed by atoms with Crippen LogP contribution in [0.15, 0.2) is 53.4 Å². The lowest BCUT2D eigenvalue weighted by Crippen LogP contribution is -2.49. The van der Waals surface area contributed by atoms with Gasteiger partial charge >= 0.3 is 0 Å². The van der Waals surface area contributed by atoms with E-state index in [1.807, 2.05) is 4.90 Å². The molecule has 178 valence electrons. The Kier molecular flexibility index (Phi) is 7.77. The van der Waals surface area contributed by atoms with E-state index in [0.717, 1.165) is 41.9 Å². The van der Waals surface area contributed by atoms with E-state index in [1.54, 1.807) is 49.6 Å². The molecule has 0 N–H and O–H groups in total. The molecule has 3 amide bonds. The maximum atomic E-state index is 13.1. The number of piperazine rings is 1. The SMILES string of the molecule is COCCN1CCN(C(=O)c2ccc(/C=C3\SC(=O)N(Cc4ccc(F)cc4)C3=O)cc2)CC1. The number of carbonyl (C=O) groups excluding carboxylic acids is 3. The van der Waals surface area contributed by atoms with Crippen LogP contribution in [0.5, 0.6) is 0 Å². The maximum absolute atomic E-state index is 13.1. The molecular weight excluding hydrogens is 457 g/mol. The van der Waals surface area contributed by atoms with E-state index in [4.69, 9.17) is 4.74 Å². The minimum absolute atomic E-state index is 0.0161. The Morgan fingerprint density at radius 2 is 1.71 bits per heavy atom. The Balaban J connectivity index is 1.37. The number of amides is 3. The van der Waals surface area contributed by atoms with Crippen molar-refractivity contribution >= 4 is 34.9 Å². The molecule has 0 aromatic heterocycles. The Morgan fingerprint density at radius 3 is 2.35 bits per heavy atom. The molecule has 2 aromatic rings. The van der Waals surface area contributed by atoms with Crippen LogP contribution >= 0.6 is 11.8 Å². The van der Waals surface area contributed by atoms with Crippen LogP contribution in [0.3, 0.4) is 0 Å². The summed E-state index contributed by atoms with van der Waals surface area (Å²) in [5.74, 6) is -0.771. The first kappa shape index (κ1) is 24.1. The lowest BCUT2D eigenvalue weighted by molar-refractivity contribution is -0.123. The van der Waals surface area contributed by atoms with Crippen LogP contribution in [0.25, 0.3) is 6.08 Å². The fourth-order valence-electron chi connectivity index (χ4n) is 3.86. The van der Waals surface area contributed by atoms with Gasteiger partial charge in [-0.05, 0) is 53.2 Å². The zero-order valence-electron chi connectivity index (χ0n) is 18.9. The van der Waals surface area contributed by atoms with E-state index in [-0.39, 0.29) is 29.4 Å².